The van der Waals surface area contributed by atoms with Gasteiger partial charge >= 0.3 is 0 Å². The van der Waals surface area contributed by atoms with E-state index < -0.39 is 29.9 Å². The van der Waals surface area contributed by atoms with E-state index in [9.17, 15) is 14.4 Å². The predicted molar refractivity (Wildman–Crippen MR) is 166 cm³/mol. The summed E-state index contributed by atoms with van der Waals surface area (Å²) in [5.74, 6) is -0.908. The number of nitrogens with zero attached hydrogens (tertiary/aromatic N) is 3. The molecule has 9 rings (SSSR count). The molecule has 1 saturated heterocycles. The second-order valence-corrected chi connectivity index (χ2v) is 12.1. The van der Waals surface area contributed by atoms with Gasteiger partial charge in [-0.2, -0.15) is 0 Å². The summed E-state index contributed by atoms with van der Waals surface area (Å²) in [6.45, 7) is 2.01. The summed E-state index contributed by atoms with van der Waals surface area (Å²) < 4.78 is 17.8. The molecule has 44 heavy (non-hydrogen) atoms. The van der Waals surface area contributed by atoms with E-state index in [4.69, 9.17) is 9.47 Å². The largest absolute Gasteiger partial charge is 0.374 e. The number of hydrogen-bond donors (Lipinski definition) is 1. The van der Waals surface area contributed by atoms with Gasteiger partial charge in [0.25, 0.3) is 17.7 Å². The highest BCUT2D eigenvalue weighted by molar-refractivity contribution is 6.39. The average molecular weight is 585 g/mol. The maximum atomic E-state index is 13.9. The van der Waals surface area contributed by atoms with Gasteiger partial charge in [-0.25, -0.2) is 0 Å². The van der Waals surface area contributed by atoms with Crippen molar-refractivity contribution in [3.8, 4) is 0 Å². The van der Waals surface area contributed by atoms with Crippen LogP contribution < -0.4 is 5.32 Å². The molecule has 5 heterocycles. The molecule has 1 N–H and O–H groups in total. The van der Waals surface area contributed by atoms with Crippen LogP contribution in [0.4, 0.5) is 0 Å². The fourth-order valence-corrected chi connectivity index (χ4v) is 8.25. The molecular weight excluding hydrogens is 556 g/mol. The Bertz CT molecular complexity index is 2270. The number of carbonyl (C=O) groups is 3. The van der Waals surface area contributed by atoms with Crippen LogP contribution in [0.15, 0.2) is 78.9 Å². The number of aromatic nitrogens is 2. The topological polar surface area (TPSA) is 94.8 Å². The molecule has 3 amide bonds. The number of hydrogen-bond acceptors (Lipinski definition) is 5. The number of imide groups is 1. The number of rotatable bonds is 3. The van der Waals surface area contributed by atoms with Crippen LogP contribution in [0.2, 0.25) is 0 Å². The van der Waals surface area contributed by atoms with Crippen molar-refractivity contribution in [3.63, 3.8) is 0 Å². The second kappa shape index (κ2) is 8.56. The van der Waals surface area contributed by atoms with Gasteiger partial charge in [-0.05, 0) is 31.2 Å². The van der Waals surface area contributed by atoms with Gasteiger partial charge in [-0.3, -0.25) is 19.7 Å². The summed E-state index contributed by atoms with van der Waals surface area (Å²) in [7, 11) is 3.48. The van der Waals surface area contributed by atoms with E-state index in [2.05, 4.69) is 14.5 Å². The first-order valence-electron chi connectivity index (χ1n) is 14.8. The van der Waals surface area contributed by atoms with E-state index in [1.807, 2.05) is 92.8 Å². The normalized spacial score (nSPS) is 23.9. The fraction of sp³-hybridized carbons (Fsp3) is 0.229. The third-order valence-electron chi connectivity index (χ3n) is 9.96. The summed E-state index contributed by atoms with van der Waals surface area (Å²) in [4.78, 5) is 42.7. The third-order valence-corrected chi connectivity index (χ3v) is 9.96. The van der Waals surface area contributed by atoms with Crippen LogP contribution in [0.5, 0.6) is 0 Å². The molecule has 3 aliphatic heterocycles. The zero-order valence-electron chi connectivity index (χ0n) is 24.3. The minimum atomic E-state index is -1.10. The number of nitrogens with one attached hydrogen (secondary N) is 1. The molecule has 0 aliphatic carbocycles. The quantitative estimate of drug-likeness (QED) is 0.276. The number of ether oxygens (including phenoxy) is 2. The number of amides is 3. The minimum absolute atomic E-state index is 0.108. The SMILES string of the molecule is CO[C@H]1[C@H](N(C)C(=O)c2ccccc2)C[C@@H]2O[C@@]1(C)n1c3ccccc3c3c4c(c5c6ccccc6n2c5c31)C(=O)NC4=O. The number of likely N-dealkylation sites (N-methyl/N-ethyl adjacent to an activating group) is 1. The van der Waals surface area contributed by atoms with Crippen molar-refractivity contribution in [2.45, 2.75) is 37.4 Å². The Morgan fingerprint density at radius 2 is 1.48 bits per heavy atom. The summed E-state index contributed by atoms with van der Waals surface area (Å²) in [6, 6.07) is 24.7. The van der Waals surface area contributed by atoms with Gasteiger partial charge in [0.15, 0.2) is 5.72 Å². The summed E-state index contributed by atoms with van der Waals surface area (Å²) in [5, 5.41) is 5.74. The molecule has 9 nitrogen and oxygen atoms in total. The predicted octanol–water partition coefficient (Wildman–Crippen LogP) is 5.55. The second-order valence-electron chi connectivity index (χ2n) is 12.1. The van der Waals surface area contributed by atoms with Crippen LogP contribution in [0.25, 0.3) is 43.6 Å². The fourth-order valence-electron chi connectivity index (χ4n) is 8.25. The molecule has 9 heteroatoms. The van der Waals surface area contributed by atoms with Gasteiger partial charge in [0.2, 0.25) is 0 Å². The molecule has 218 valence electrons. The van der Waals surface area contributed by atoms with Crippen molar-refractivity contribution < 1.29 is 23.9 Å². The molecule has 3 aliphatic rings. The number of carbonyl (C=O) groups excluding carboxylic acids is 3. The van der Waals surface area contributed by atoms with Crippen molar-refractivity contribution in [2.75, 3.05) is 14.2 Å². The van der Waals surface area contributed by atoms with Crippen LogP contribution >= 0.6 is 0 Å². The van der Waals surface area contributed by atoms with Crippen molar-refractivity contribution in [1.82, 2.24) is 19.4 Å². The highest BCUT2D eigenvalue weighted by atomic mass is 16.6. The Balaban J connectivity index is 1.44. The Morgan fingerprint density at radius 3 is 2.16 bits per heavy atom. The van der Waals surface area contributed by atoms with Crippen molar-refractivity contribution in [1.29, 1.82) is 0 Å². The summed E-state index contributed by atoms with van der Waals surface area (Å²) in [6.07, 6.45) is -0.640. The highest BCUT2D eigenvalue weighted by Crippen LogP contribution is 2.54. The van der Waals surface area contributed by atoms with Gasteiger partial charge in [-0.1, -0.05) is 54.6 Å². The minimum Gasteiger partial charge on any atom is -0.374 e. The van der Waals surface area contributed by atoms with Gasteiger partial charge in [0, 0.05) is 47.7 Å². The first-order valence-corrected chi connectivity index (χ1v) is 14.8. The van der Waals surface area contributed by atoms with Crippen LogP contribution in [-0.4, -0.2) is 58.1 Å². The van der Waals surface area contributed by atoms with Crippen LogP contribution in [0.1, 0.15) is 50.6 Å². The van der Waals surface area contributed by atoms with E-state index in [0.29, 0.717) is 28.5 Å². The lowest BCUT2D eigenvalue weighted by Gasteiger charge is -2.50. The lowest BCUT2D eigenvalue weighted by atomic mass is 9.91. The zero-order chi connectivity index (χ0) is 30.1. The number of benzene rings is 4. The molecule has 0 radical (unpaired) electrons. The zero-order valence-corrected chi connectivity index (χ0v) is 24.3. The highest BCUT2D eigenvalue weighted by Gasteiger charge is 2.55. The lowest BCUT2D eigenvalue weighted by Crippen LogP contribution is -2.61. The lowest BCUT2D eigenvalue weighted by molar-refractivity contribution is -0.264. The molecule has 0 spiro atoms. The molecule has 4 aromatic carbocycles. The Kier molecular flexibility index (Phi) is 4.96. The summed E-state index contributed by atoms with van der Waals surface area (Å²) >= 11 is 0. The van der Waals surface area contributed by atoms with E-state index in [-0.39, 0.29) is 11.9 Å². The van der Waals surface area contributed by atoms with E-state index in [1.54, 1.807) is 12.0 Å². The monoisotopic (exact) mass is 584 g/mol. The molecule has 6 aromatic rings. The molecule has 1 fully saturated rings. The number of methoxy groups -OCH3 is 1. The van der Waals surface area contributed by atoms with Crippen molar-refractivity contribution in [3.05, 3.63) is 95.6 Å². The van der Waals surface area contributed by atoms with Gasteiger partial charge in [0.1, 0.15) is 12.3 Å². The molecule has 4 atom stereocenters. The molecule has 2 aromatic heterocycles. The molecule has 0 unspecified atom stereocenters. The van der Waals surface area contributed by atoms with Gasteiger partial charge in [-0.15, -0.1) is 0 Å². The van der Waals surface area contributed by atoms with Crippen LogP contribution in [0.3, 0.4) is 0 Å². The number of para-hydroxylation sites is 2. The summed E-state index contributed by atoms with van der Waals surface area (Å²) in [5.41, 5.74) is 3.66. The third kappa shape index (κ3) is 2.93. The van der Waals surface area contributed by atoms with Crippen LogP contribution in [-0.2, 0) is 15.2 Å². The number of fused-ring (bicyclic) bond motifs is 13. The van der Waals surface area contributed by atoms with Crippen molar-refractivity contribution in [2.24, 2.45) is 0 Å². The molecule has 0 saturated carbocycles. The average Bonchev–Trinajstić information content (AvgIpc) is 3.65. The maximum absolute atomic E-state index is 13.9. The Labute approximate surface area is 251 Å². The maximum Gasteiger partial charge on any atom is 0.259 e. The van der Waals surface area contributed by atoms with Crippen molar-refractivity contribution >= 4 is 61.3 Å². The van der Waals surface area contributed by atoms with E-state index in [1.165, 1.54) is 0 Å². The Morgan fingerprint density at radius 1 is 0.886 bits per heavy atom. The molecular formula is C35H28N4O5. The Hall–Kier alpha value is -4.99. The van der Waals surface area contributed by atoms with E-state index >= 15 is 0 Å². The standard InChI is InChI=1S/C35H28N4O5/c1-35-31(43-3)23(37(2)34(42)18-11-5-4-6-12-18)17-24(44-35)38-21-15-9-7-13-19(21)25-27-28(33(41)36-32(27)40)26-20-14-8-10-16-22(20)39(35)30(26)29(25)38/h4-16,23-24,31H,17H2,1-3H3,(H,36,40,41)/t23-,24+,31+,35-/m1/s1. The van der Waals surface area contributed by atoms with Crippen LogP contribution in [0, 0.1) is 0 Å². The van der Waals surface area contributed by atoms with Gasteiger partial charge in [0.05, 0.1) is 39.2 Å². The first kappa shape index (κ1) is 25.5. The first-order chi connectivity index (χ1) is 21.3. The van der Waals surface area contributed by atoms with E-state index in [0.717, 1.165) is 38.2 Å². The molecule has 2 bridgehead atoms. The smallest absolute Gasteiger partial charge is 0.259 e. The van der Waals surface area contributed by atoms with Gasteiger partial charge < -0.3 is 23.5 Å².